The number of carboxylic acids is 1. The first-order chi connectivity index (χ1) is 6.52. The molecule has 0 bridgehead atoms. The molecule has 76 valence electrons. The fraction of sp³-hybridized carbons (Fsp3) is 0.375. The van der Waals surface area contributed by atoms with Crippen LogP contribution in [0.5, 0.6) is 11.8 Å². The lowest BCUT2D eigenvalue weighted by Gasteiger charge is -2.10. The molecule has 6 heteroatoms. The Morgan fingerprint density at radius 3 is 2.36 bits per heavy atom. The summed E-state index contributed by atoms with van der Waals surface area (Å²) < 4.78 is 0. The van der Waals surface area contributed by atoms with Crippen molar-refractivity contribution in [2.45, 2.75) is 19.3 Å². The highest BCUT2D eigenvalue weighted by Gasteiger charge is 2.19. The maximum absolute atomic E-state index is 10.4. The van der Waals surface area contributed by atoms with Crippen molar-refractivity contribution in [3.8, 4) is 11.8 Å². The Balaban J connectivity index is 2.99. The predicted octanol–water partition coefficient (Wildman–Crippen LogP) is 0.466. The second-order valence-electron chi connectivity index (χ2n) is 2.93. The Labute approximate surface area is 79.9 Å². The molecule has 0 spiro atoms. The summed E-state index contributed by atoms with van der Waals surface area (Å²) in [6, 6.07) is 0. The van der Waals surface area contributed by atoms with E-state index in [1.165, 1.54) is 0 Å². The van der Waals surface area contributed by atoms with Gasteiger partial charge in [0.2, 0.25) is 11.8 Å². The summed E-state index contributed by atoms with van der Waals surface area (Å²) in [5.41, 5.74) is 0.0647. The molecule has 1 aromatic rings. The quantitative estimate of drug-likeness (QED) is 0.652. The van der Waals surface area contributed by atoms with E-state index in [0.29, 0.717) is 0 Å². The molecule has 1 aromatic heterocycles. The molecule has 14 heavy (non-hydrogen) atoms. The van der Waals surface area contributed by atoms with Crippen LogP contribution in [0, 0.1) is 0 Å². The van der Waals surface area contributed by atoms with E-state index in [-0.39, 0.29) is 23.7 Å². The highest BCUT2D eigenvalue weighted by Crippen LogP contribution is 2.31. The van der Waals surface area contributed by atoms with Gasteiger partial charge in [0.15, 0.2) is 0 Å². The molecule has 0 radical (unpaired) electrons. The highest BCUT2D eigenvalue weighted by atomic mass is 16.4. The summed E-state index contributed by atoms with van der Waals surface area (Å²) in [4.78, 5) is 17.3. The molecule has 0 unspecified atom stereocenters. The summed E-state index contributed by atoms with van der Waals surface area (Å²) in [7, 11) is 0. The standard InChI is InChI=1S/C8H10N2O4/c1-4(2-5(11)12)6-7(13)9-3-10-8(6)14/h3-4H,2H2,1H3,(H,11,12)(H2,9,10,13,14)/t4-/m1/s1. The number of aromatic hydroxyl groups is 2. The summed E-state index contributed by atoms with van der Waals surface area (Å²) in [6.45, 7) is 1.56. The molecule has 0 saturated heterocycles. The molecule has 0 aromatic carbocycles. The number of nitrogens with zero attached hydrogens (tertiary/aromatic N) is 2. The van der Waals surface area contributed by atoms with Crippen molar-refractivity contribution in [1.29, 1.82) is 0 Å². The van der Waals surface area contributed by atoms with E-state index in [2.05, 4.69) is 9.97 Å². The molecule has 0 saturated carbocycles. The van der Waals surface area contributed by atoms with Crippen LogP contribution in [0.25, 0.3) is 0 Å². The zero-order valence-electron chi connectivity index (χ0n) is 7.51. The fourth-order valence-corrected chi connectivity index (χ4v) is 1.18. The van der Waals surface area contributed by atoms with Gasteiger partial charge in [0.05, 0.1) is 12.0 Å². The van der Waals surface area contributed by atoms with Crippen molar-refractivity contribution in [1.82, 2.24) is 9.97 Å². The van der Waals surface area contributed by atoms with Gasteiger partial charge < -0.3 is 15.3 Å². The minimum Gasteiger partial charge on any atom is -0.493 e. The average molecular weight is 198 g/mol. The molecule has 0 aliphatic carbocycles. The van der Waals surface area contributed by atoms with Gasteiger partial charge in [-0.25, -0.2) is 9.97 Å². The van der Waals surface area contributed by atoms with Crippen molar-refractivity contribution in [3.63, 3.8) is 0 Å². The zero-order valence-corrected chi connectivity index (χ0v) is 7.51. The number of aromatic nitrogens is 2. The number of carboxylic acid groups (broad SMARTS) is 1. The minimum absolute atomic E-state index is 0.0647. The monoisotopic (exact) mass is 198 g/mol. The number of carbonyl (C=O) groups is 1. The van der Waals surface area contributed by atoms with E-state index in [0.717, 1.165) is 6.33 Å². The lowest BCUT2D eigenvalue weighted by molar-refractivity contribution is -0.137. The Hall–Kier alpha value is -1.85. The lowest BCUT2D eigenvalue weighted by atomic mass is 10.00. The second kappa shape index (κ2) is 3.91. The van der Waals surface area contributed by atoms with E-state index in [9.17, 15) is 15.0 Å². The van der Waals surface area contributed by atoms with E-state index >= 15 is 0 Å². The van der Waals surface area contributed by atoms with E-state index in [1.807, 2.05) is 0 Å². The van der Waals surface area contributed by atoms with Crippen LogP contribution >= 0.6 is 0 Å². The maximum atomic E-state index is 10.4. The lowest BCUT2D eigenvalue weighted by Crippen LogP contribution is -2.04. The third-order valence-corrected chi connectivity index (χ3v) is 1.82. The van der Waals surface area contributed by atoms with Crippen molar-refractivity contribution in [2.75, 3.05) is 0 Å². The summed E-state index contributed by atoms with van der Waals surface area (Å²) >= 11 is 0. The predicted molar refractivity (Wildman–Crippen MR) is 46.0 cm³/mol. The molecular formula is C8H10N2O4. The third kappa shape index (κ3) is 2.09. The molecule has 1 atom stereocenters. The first-order valence-electron chi connectivity index (χ1n) is 3.97. The van der Waals surface area contributed by atoms with E-state index in [1.54, 1.807) is 6.92 Å². The van der Waals surface area contributed by atoms with Gasteiger partial charge >= 0.3 is 5.97 Å². The SMILES string of the molecule is C[C@H](CC(=O)O)c1c(O)ncnc1O. The van der Waals surface area contributed by atoms with Crippen LogP contribution < -0.4 is 0 Å². The normalized spacial score (nSPS) is 12.4. The topological polar surface area (TPSA) is 104 Å². The molecule has 3 N–H and O–H groups in total. The van der Waals surface area contributed by atoms with Crippen molar-refractivity contribution in [2.24, 2.45) is 0 Å². The van der Waals surface area contributed by atoms with E-state index < -0.39 is 11.9 Å². The van der Waals surface area contributed by atoms with Crippen molar-refractivity contribution in [3.05, 3.63) is 11.9 Å². The Kier molecular flexibility index (Phi) is 2.85. The molecule has 0 amide bonds. The summed E-state index contributed by atoms with van der Waals surface area (Å²) in [6.07, 6.45) is 0.802. The Bertz CT molecular complexity index is 333. The van der Waals surface area contributed by atoms with Crippen molar-refractivity contribution < 1.29 is 20.1 Å². The number of hydrogen-bond acceptors (Lipinski definition) is 5. The van der Waals surface area contributed by atoms with Crippen LogP contribution in [0.15, 0.2) is 6.33 Å². The number of hydrogen-bond donors (Lipinski definition) is 3. The molecule has 0 aliphatic rings. The first kappa shape index (κ1) is 10.2. The Morgan fingerprint density at radius 2 is 1.93 bits per heavy atom. The number of aliphatic carboxylic acids is 1. The molecule has 0 fully saturated rings. The average Bonchev–Trinajstić information content (AvgIpc) is 2.01. The maximum Gasteiger partial charge on any atom is 0.303 e. The van der Waals surface area contributed by atoms with Crippen LogP contribution in [0.3, 0.4) is 0 Å². The van der Waals surface area contributed by atoms with Crippen LogP contribution in [-0.2, 0) is 4.79 Å². The number of rotatable bonds is 3. The molecular weight excluding hydrogens is 188 g/mol. The van der Waals surface area contributed by atoms with E-state index in [4.69, 9.17) is 5.11 Å². The summed E-state index contributed by atoms with van der Waals surface area (Å²) in [5, 5.41) is 27.1. The molecule has 1 rings (SSSR count). The fourth-order valence-electron chi connectivity index (χ4n) is 1.18. The van der Waals surface area contributed by atoms with Gasteiger partial charge in [0, 0.05) is 5.92 Å². The van der Waals surface area contributed by atoms with Crippen LogP contribution in [-0.4, -0.2) is 31.3 Å². The third-order valence-electron chi connectivity index (χ3n) is 1.82. The molecule has 0 aliphatic heterocycles. The van der Waals surface area contributed by atoms with Gasteiger partial charge in [-0.15, -0.1) is 0 Å². The summed E-state index contributed by atoms with van der Waals surface area (Å²) in [5.74, 6) is -2.31. The first-order valence-corrected chi connectivity index (χ1v) is 3.97. The minimum atomic E-state index is -1.01. The Morgan fingerprint density at radius 1 is 1.43 bits per heavy atom. The largest absolute Gasteiger partial charge is 0.493 e. The molecule has 6 nitrogen and oxygen atoms in total. The zero-order chi connectivity index (χ0) is 10.7. The molecule has 1 heterocycles. The van der Waals surface area contributed by atoms with Crippen LogP contribution in [0.4, 0.5) is 0 Å². The van der Waals surface area contributed by atoms with Gasteiger partial charge in [-0.2, -0.15) is 0 Å². The van der Waals surface area contributed by atoms with Gasteiger partial charge in [0.25, 0.3) is 0 Å². The van der Waals surface area contributed by atoms with Gasteiger partial charge in [-0.05, 0) is 0 Å². The van der Waals surface area contributed by atoms with Gasteiger partial charge in [0.1, 0.15) is 6.33 Å². The smallest absolute Gasteiger partial charge is 0.303 e. The highest BCUT2D eigenvalue weighted by molar-refractivity contribution is 5.68. The van der Waals surface area contributed by atoms with Crippen molar-refractivity contribution >= 4 is 5.97 Å². The van der Waals surface area contributed by atoms with Gasteiger partial charge in [-0.3, -0.25) is 4.79 Å². The van der Waals surface area contributed by atoms with Crippen LogP contribution in [0.1, 0.15) is 24.8 Å². The van der Waals surface area contributed by atoms with Crippen LogP contribution in [0.2, 0.25) is 0 Å². The van der Waals surface area contributed by atoms with Gasteiger partial charge in [-0.1, -0.05) is 6.92 Å². The second-order valence-corrected chi connectivity index (χ2v) is 2.93.